The van der Waals surface area contributed by atoms with Crippen LogP contribution in [-0.4, -0.2) is 31.0 Å². The molecule has 3 aromatic carbocycles. The van der Waals surface area contributed by atoms with Gasteiger partial charge in [0.2, 0.25) is 5.91 Å². The van der Waals surface area contributed by atoms with Gasteiger partial charge in [-0.3, -0.25) is 9.59 Å². The molecule has 0 aliphatic rings. The Bertz CT molecular complexity index is 1270. The van der Waals surface area contributed by atoms with Crippen LogP contribution in [0.2, 0.25) is 0 Å². The number of anilines is 2. The number of amides is 2. The number of nitrogens with zero attached hydrogens (tertiary/aromatic N) is 1. The summed E-state index contributed by atoms with van der Waals surface area (Å²) < 4.78 is 10.3. The van der Waals surface area contributed by atoms with Crippen LogP contribution < -0.4 is 20.1 Å². The molecule has 0 saturated heterocycles. The van der Waals surface area contributed by atoms with Gasteiger partial charge in [0, 0.05) is 27.9 Å². The van der Waals surface area contributed by atoms with Crippen LogP contribution in [0.1, 0.15) is 16.1 Å². The lowest BCUT2D eigenvalue weighted by molar-refractivity contribution is -0.115. The van der Waals surface area contributed by atoms with E-state index in [1.807, 2.05) is 29.6 Å². The highest BCUT2D eigenvalue weighted by atomic mass is 32.1. The van der Waals surface area contributed by atoms with Crippen molar-refractivity contribution in [2.24, 2.45) is 0 Å². The number of hydrogen-bond acceptors (Lipinski definition) is 6. The fourth-order valence-electron chi connectivity index (χ4n) is 3.21. The van der Waals surface area contributed by atoms with Gasteiger partial charge in [-0.15, -0.1) is 11.3 Å². The van der Waals surface area contributed by atoms with Crippen molar-refractivity contribution in [3.63, 3.8) is 0 Å². The molecule has 1 aromatic heterocycles. The van der Waals surface area contributed by atoms with E-state index in [0.29, 0.717) is 28.4 Å². The van der Waals surface area contributed by atoms with Crippen molar-refractivity contribution in [3.05, 3.63) is 89.4 Å². The molecular weight excluding hydrogens is 450 g/mol. The van der Waals surface area contributed by atoms with Gasteiger partial charge in [-0.25, -0.2) is 4.98 Å². The molecule has 2 N–H and O–H groups in total. The minimum Gasteiger partial charge on any atom is -0.497 e. The Morgan fingerprint density at radius 3 is 1.97 bits per heavy atom. The minimum atomic E-state index is -0.239. The normalized spacial score (nSPS) is 10.4. The number of ether oxygens (including phenoxy) is 2. The first-order valence-electron chi connectivity index (χ1n) is 10.5. The molecule has 0 fully saturated rings. The molecule has 0 radical (unpaired) electrons. The highest BCUT2D eigenvalue weighted by Gasteiger charge is 2.11. The standard InChI is InChI=1S/C26H23N3O4S/c1-32-22-11-5-18(6-12-22)26-29-21(16-34-26)15-24(30)27-19-7-3-17(4-8-19)25(31)28-20-9-13-23(33-2)14-10-20/h3-14,16H,15H2,1-2H3,(H,27,30)(H,28,31). The highest BCUT2D eigenvalue weighted by molar-refractivity contribution is 7.13. The summed E-state index contributed by atoms with van der Waals surface area (Å²) in [5, 5.41) is 8.40. The van der Waals surface area contributed by atoms with E-state index in [1.54, 1.807) is 62.8 Å². The van der Waals surface area contributed by atoms with E-state index in [1.165, 1.54) is 11.3 Å². The molecule has 0 atom stereocenters. The Hall–Kier alpha value is -4.17. The van der Waals surface area contributed by atoms with Gasteiger partial charge >= 0.3 is 0 Å². The van der Waals surface area contributed by atoms with E-state index in [9.17, 15) is 9.59 Å². The van der Waals surface area contributed by atoms with Crippen LogP contribution in [0.15, 0.2) is 78.2 Å². The van der Waals surface area contributed by atoms with Crippen LogP contribution in [0, 0.1) is 0 Å². The lowest BCUT2D eigenvalue weighted by Crippen LogP contribution is -2.15. The number of hydrogen-bond donors (Lipinski definition) is 2. The third-order valence-corrected chi connectivity index (χ3v) is 5.95. The second kappa shape index (κ2) is 10.6. The third kappa shape index (κ3) is 5.79. The number of carbonyl (C=O) groups is 2. The maximum Gasteiger partial charge on any atom is 0.255 e. The molecule has 7 nitrogen and oxygen atoms in total. The number of methoxy groups -OCH3 is 2. The van der Waals surface area contributed by atoms with Crippen LogP contribution in [-0.2, 0) is 11.2 Å². The Balaban J connectivity index is 1.32. The Labute approximate surface area is 201 Å². The summed E-state index contributed by atoms with van der Waals surface area (Å²) in [6.07, 6.45) is 0.159. The van der Waals surface area contributed by atoms with E-state index in [0.717, 1.165) is 16.3 Å². The van der Waals surface area contributed by atoms with E-state index in [2.05, 4.69) is 15.6 Å². The van der Waals surface area contributed by atoms with Crippen LogP contribution in [0.4, 0.5) is 11.4 Å². The number of aromatic nitrogens is 1. The average molecular weight is 474 g/mol. The zero-order chi connectivity index (χ0) is 23.9. The quantitative estimate of drug-likeness (QED) is 0.364. The van der Waals surface area contributed by atoms with Crippen LogP contribution >= 0.6 is 11.3 Å². The molecule has 0 bridgehead atoms. The number of carbonyl (C=O) groups excluding carboxylic acids is 2. The second-order valence-corrected chi connectivity index (χ2v) is 8.22. The Morgan fingerprint density at radius 2 is 1.35 bits per heavy atom. The minimum absolute atomic E-state index is 0.159. The van der Waals surface area contributed by atoms with Gasteiger partial charge in [0.05, 0.1) is 26.3 Å². The summed E-state index contributed by atoms with van der Waals surface area (Å²) in [4.78, 5) is 29.5. The summed E-state index contributed by atoms with van der Waals surface area (Å²) in [7, 11) is 3.21. The van der Waals surface area contributed by atoms with E-state index in [4.69, 9.17) is 9.47 Å². The molecule has 4 rings (SSSR count). The molecule has 8 heteroatoms. The molecule has 0 unspecified atom stereocenters. The first kappa shape index (κ1) is 23.0. The van der Waals surface area contributed by atoms with Crippen molar-refractivity contribution in [1.29, 1.82) is 0 Å². The fraction of sp³-hybridized carbons (Fsp3) is 0.115. The smallest absolute Gasteiger partial charge is 0.255 e. The molecule has 0 aliphatic carbocycles. The average Bonchev–Trinajstić information content (AvgIpc) is 3.33. The van der Waals surface area contributed by atoms with Crippen molar-refractivity contribution >= 4 is 34.5 Å². The van der Waals surface area contributed by atoms with Gasteiger partial charge in [-0.1, -0.05) is 0 Å². The molecule has 172 valence electrons. The van der Waals surface area contributed by atoms with E-state index >= 15 is 0 Å². The molecule has 1 heterocycles. The van der Waals surface area contributed by atoms with Gasteiger partial charge in [-0.05, 0) is 72.8 Å². The predicted molar refractivity (Wildman–Crippen MR) is 134 cm³/mol. The SMILES string of the molecule is COc1ccc(NC(=O)c2ccc(NC(=O)Cc3csc(-c4ccc(OC)cc4)n3)cc2)cc1. The Kier molecular flexibility index (Phi) is 7.19. The first-order chi connectivity index (χ1) is 16.5. The Morgan fingerprint density at radius 1 is 0.794 bits per heavy atom. The van der Waals surface area contributed by atoms with E-state index in [-0.39, 0.29) is 18.2 Å². The number of rotatable bonds is 8. The fourth-order valence-corrected chi connectivity index (χ4v) is 4.03. The number of benzene rings is 3. The first-order valence-corrected chi connectivity index (χ1v) is 11.4. The van der Waals surface area contributed by atoms with Crippen molar-refractivity contribution < 1.29 is 19.1 Å². The maximum absolute atomic E-state index is 12.5. The highest BCUT2D eigenvalue weighted by Crippen LogP contribution is 2.26. The van der Waals surface area contributed by atoms with Crippen molar-refractivity contribution in [2.75, 3.05) is 24.9 Å². The lowest BCUT2D eigenvalue weighted by Gasteiger charge is -2.08. The van der Waals surface area contributed by atoms with Gasteiger partial charge in [0.1, 0.15) is 16.5 Å². The zero-order valence-corrected chi connectivity index (χ0v) is 19.5. The largest absolute Gasteiger partial charge is 0.497 e. The monoisotopic (exact) mass is 473 g/mol. The van der Waals surface area contributed by atoms with Crippen LogP contribution in [0.3, 0.4) is 0 Å². The molecule has 4 aromatic rings. The number of nitrogens with one attached hydrogen (secondary N) is 2. The molecular formula is C26H23N3O4S. The molecule has 0 spiro atoms. The summed E-state index contributed by atoms with van der Waals surface area (Å²) in [5.41, 5.74) is 3.43. The van der Waals surface area contributed by atoms with Gasteiger partial charge in [0.25, 0.3) is 5.91 Å². The molecule has 0 aliphatic heterocycles. The third-order valence-electron chi connectivity index (χ3n) is 5.01. The van der Waals surface area contributed by atoms with Crippen LogP contribution in [0.25, 0.3) is 10.6 Å². The topological polar surface area (TPSA) is 89.6 Å². The summed E-state index contributed by atoms with van der Waals surface area (Å²) in [6, 6.07) is 21.4. The van der Waals surface area contributed by atoms with Crippen molar-refractivity contribution in [3.8, 4) is 22.1 Å². The lowest BCUT2D eigenvalue weighted by atomic mass is 10.2. The van der Waals surface area contributed by atoms with Gasteiger partial charge < -0.3 is 20.1 Å². The van der Waals surface area contributed by atoms with Crippen molar-refractivity contribution in [1.82, 2.24) is 4.98 Å². The zero-order valence-electron chi connectivity index (χ0n) is 18.7. The summed E-state index contributed by atoms with van der Waals surface area (Å²) in [5.74, 6) is 1.08. The predicted octanol–water partition coefficient (Wildman–Crippen LogP) is 5.26. The maximum atomic E-state index is 12.5. The number of thiazole rings is 1. The van der Waals surface area contributed by atoms with Gasteiger partial charge in [0.15, 0.2) is 0 Å². The second-order valence-electron chi connectivity index (χ2n) is 7.36. The molecule has 2 amide bonds. The molecule has 34 heavy (non-hydrogen) atoms. The van der Waals surface area contributed by atoms with Crippen LogP contribution in [0.5, 0.6) is 11.5 Å². The molecule has 0 saturated carbocycles. The summed E-state index contributed by atoms with van der Waals surface area (Å²) in [6.45, 7) is 0. The summed E-state index contributed by atoms with van der Waals surface area (Å²) >= 11 is 1.49. The van der Waals surface area contributed by atoms with E-state index < -0.39 is 0 Å². The van der Waals surface area contributed by atoms with Gasteiger partial charge in [-0.2, -0.15) is 0 Å². The van der Waals surface area contributed by atoms with Crippen molar-refractivity contribution in [2.45, 2.75) is 6.42 Å².